The molecule has 25 heavy (non-hydrogen) atoms. The fourth-order valence-corrected chi connectivity index (χ4v) is 3.36. The first kappa shape index (κ1) is 19.5. The molecule has 7 heteroatoms. The predicted molar refractivity (Wildman–Crippen MR) is 101 cm³/mol. The number of thioether (sulfide) groups is 1. The van der Waals surface area contributed by atoms with Gasteiger partial charge in [-0.1, -0.05) is 50.2 Å². The van der Waals surface area contributed by atoms with Crippen molar-refractivity contribution in [3.8, 4) is 0 Å². The monoisotopic (exact) mass is 380 g/mol. The van der Waals surface area contributed by atoms with Crippen LogP contribution in [0.1, 0.15) is 27.7 Å². The summed E-state index contributed by atoms with van der Waals surface area (Å²) in [6.07, 6.45) is 1.46. The molecule has 0 spiro atoms. The maximum Gasteiger partial charge on any atom is 0.247 e. The second-order valence-electron chi connectivity index (χ2n) is 6.82. The van der Waals surface area contributed by atoms with Gasteiger partial charge in [-0.3, -0.25) is 19.3 Å². The number of hydrogen-bond donors (Lipinski definition) is 1. The lowest BCUT2D eigenvalue weighted by Crippen LogP contribution is -2.42. The molecule has 0 saturated carbocycles. The van der Waals surface area contributed by atoms with Crippen molar-refractivity contribution in [2.24, 2.45) is 5.41 Å². The standard InChI is InChI=1S/C18H21ClN2O3S/c1-11(17(24)20-13-7-5-6-12(19)8-13)21-15(23)10-25-16(21)9-14(22)18(2,3)4/h5-9,11H,10H2,1-4H3,(H,20,24)/b16-9-/t11-/m0/s1. The van der Waals surface area contributed by atoms with E-state index in [2.05, 4.69) is 5.32 Å². The molecule has 1 heterocycles. The van der Waals surface area contributed by atoms with E-state index in [0.717, 1.165) is 0 Å². The van der Waals surface area contributed by atoms with Crippen LogP contribution in [-0.4, -0.2) is 34.3 Å². The largest absolute Gasteiger partial charge is 0.324 e. The van der Waals surface area contributed by atoms with Gasteiger partial charge in [0.25, 0.3) is 0 Å². The summed E-state index contributed by atoms with van der Waals surface area (Å²) in [5.41, 5.74) is 0.0110. The lowest BCUT2D eigenvalue weighted by Gasteiger charge is -2.25. The van der Waals surface area contributed by atoms with Gasteiger partial charge in [-0.2, -0.15) is 0 Å². The zero-order valence-corrected chi connectivity index (χ0v) is 16.2. The average Bonchev–Trinajstić information content (AvgIpc) is 2.86. The molecule has 1 atom stereocenters. The minimum atomic E-state index is -0.736. The van der Waals surface area contributed by atoms with Crippen LogP contribution in [0.15, 0.2) is 35.4 Å². The molecular formula is C18H21ClN2O3S. The first-order chi connectivity index (χ1) is 11.6. The highest BCUT2D eigenvalue weighted by Gasteiger charge is 2.35. The van der Waals surface area contributed by atoms with E-state index in [9.17, 15) is 14.4 Å². The highest BCUT2D eigenvalue weighted by Crippen LogP contribution is 2.32. The Morgan fingerprint density at radius 1 is 1.36 bits per heavy atom. The molecule has 2 rings (SSSR count). The number of rotatable bonds is 4. The van der Waals surface area contributed by atoms with Gasteiger partial charge >= 0.3 is 0 Å². The molecule has 5 nitrogen and oxygen atoms in total. The van der Waals surface area contributed by atoms with E-state index >= 15 is 0 Å². The fraction of sp³-hybridized carbons (Fsp3) is 0.389. The molecule has 0 radical (unpaired) electrons. The summed E-state index contributed by atoms with van der Waals surface area (Å²) in [4.78, 5) is 38.4. The third-order valence-corrected chi connectivity index (χ3v) is 4.94. The van der Waals surface area contributed by atoms with Crippen LogP contribution in [0.5, 0.6) is 0 Å². The van der Waals surface area contributed by atoms with Crippen LogP contribution in [0.3, 0.4) is 0 Å². The van der Waals surface area contributed by atoms with Gasteiger partial charge in [0.05, 0.1) is 10.8 Å². The highest BCUT2D eigenvalue weighted by atomic mass is 35.5. The Balaban J connectivity index is 2.18. The maximum atomic E-state index is 12.5. The molecule has 134 valence electrons. The summed E-state index contributed by atoms with van der Waals surface area (Å²) in [7, 11) is 0. The normalized spacial score (nSPS) is 17.7. The van der Waals surface area contributed by atoms with Gasteiger partial charge in [0.2, 0.25) is 11.8 Å². The maximum absolute atomic E-state index is 12.5. The van der Waals surface area contributed by atoms with Crippen molar-refractivity contribution >= 4 is 46.6 Å². The number of amides is 2. The van der Waals surface area contributed by atoms with E-state index in [0.29, 0.717) is 15.7 Å². The Hall–Kier alpha value is -1.79. The minimum Gasteiger partial charge on any atom is -0.324 e. The van der Waals surface area contributed by atoms with Gasteiger partial charge in [-0.25, -0.2) is 0 Å². The van der Waals surface area contributed by atoms with Gasteiger partial charge in [0.1, 0.15) is 6.04 Å². The first-order valence-electron chi connectivity index (χ1n) is 7.87. The molecule has 1 aromatic rings. The van der Waals surface area contributed by atoms with E-state index < -0.39 is 11.5 Å². The van der Waals surface area contributed by atoms with Crippen LogP contribution in [0.4, 0.5) is 5.69 Å². The second-order valence-corrected chi connectivity index (χ2v) is 8.26. The molecule has 1 aliphatic heterocycles. The second kappa shape index (κ2) is 7.62. The van der Waals surface area contributed by atoms with Gasteiger partial charge in [0.15, 0.2) is 5.78 Å². The Bertz CT molecular complexity index is 740. The van der Waals surface area contributed by atoms with Crippen LogP contribution in [0.25, 0.3) is 0 Å². The number of nitrogens with zero attached hydrogens (tertiary/aromatic N) is 1. The number of halogens is 1. The van der Waals surface area contributed by atoms with Crippen LogP contribution >= 0.6 is 23.4 Å². The van der Waals surface area contributed by atoms with E-state index in [1.165, 1.54) is 22.7 Å². The van der Waals surface area contributed by atoms with Crippen molar-refractivity contribution in [3.63, 3.8) is 0 Å². The average molecular weight is 381 g/mol. The summed E-state index contributed by atoms with van der Waals surface area (Å²) < 4.78 is 0. The van der Waals surface area contributed by atoms with E-state index in [-0.39, 0.29) is 23.4 Å². The number of carbonyl (C=O) groups excluding carboxylic acids is 3. The van der Waals surface area contributed by atoms with Crippen molar-refractivity contribution in [3.05, 3.63) is 40.4 Å². The molecular weight excluding hydrogens is 360 g/mol. The molecule has 0 aromatic heterocycles. The summed E-state index contributed by atoms with van der Waals surface area (Å²) >= 11 is 7.19. The molecule has 1 N–H and O–H groups in total. The van der Waals surface area contributed by atoms with Crippen LogP contribution < -0.4 is 5.32 Å². The lowest BCUT2D eigenvalue weighted by atomic mass is 9.91. The summed E-state index contributed by atoms with van der Waals surface area (Å²) in [5, 5.41) is 3.77. The summed E-state index contributed by atoms with van der Waals surface area (Å²) in [6.45, 7) is 7.08. The fourth-order valence-electron chi connectivity index (χ4n) is 2.17. The van der Waals surface area contributed by atoms with Crippen LogP contribution in [-0.2, 0) is 14.4 Å². The molecule has 0 bridgehead atoms. The zero-order valence-electron chi connectivity index (χ0n) is 14.6. The van der Waals surface area contributed by atoms with Crippen LogP contribution in [0.2, 0.25) is 5.02 Å². The molecule has 0 aliphatic carbocycles. The van der Waals surface area contributed by atoms with Gasteiger partial charge in [-0.05, 0) is 25.1 Å². The number of hydrogen-bond acceptors (Lipinski definition) is 4. The molecule has 2 amide bonds. The number of allylic oxidation sites excluding steroid dienone is 1. The summed E-state index contributed by atoms with van der Waals surface area (Å²) in [5.74, 6) is -0.394. The number of benzene rings is 1. The molecule has 1 aromatic carbocycles. The number of nitrogens with one attached hydrogen (secondary N) is 1. The smallest absolute Gasteiger partial charge is 0.247 e. The zero-order chi connectivity index (χ0) is 18.8. The number of carbonyl (C=O) groups is 3. The van der Waals surface area contributed by atoms with E-state index in [1.54, 1.807) is 31.2 Å². The van der Waals surface area contributed by atoms with Crippen molar-refractivity contribution < 1.29 is 14.4 Å². The van der Waals surface area contributed by atoms with Crippen LogP contribution in [0, 0.1) is 5.41 Å². The first-order valence-corrected chi connectivity index (χ1v) is 9.23. The molecule has 1 fully saturated rings. The van der Waals surface area contributed by atoms with Crippen molar-refractivity contribution in [2.45, 2.75) is 33.7 Å². The molecule has 1 aliphatic rings. The highest BCUT2D eigenvalue weighted by molar-refractivity contribution is 8.04. The SMILES string of the molecule is C[C@@H](C(=O)Nc1cccc(Cl)c1)N1C(=O)CS/C1=C\C(=O)C(C)(C)C. The Kier molecular flexibility index (Phi) is 5.95. The van der Waals surface area contributed by atoms with E-state index in [4.69, 9.17) is 11.6 Å². The Labute approximate surface area is 156 Å². The molecule has 1 saturated heterocycles. The van der Waals surface area contributed by atoms with Crippen molar-refractivity contribution in [2.75, 3.05) is 11.1 Å². The van der Waals surface area contributed by atoms with Crippen molar-refractivity contribution in [1.29, 1.82) is 0 Å². The minimum absolute atomic E-state index is 0.0860. The topological polar surface area (TPSA) is 66.5 Å². The number of anilines is 1. The quantitative estimate of drug-likeness (QED) is 0.809. The van der Waals surface area contributed by atoms with Crippen molar-refractivity contribution in [1.82, 2.24) is 4.90 Å². The lowest BCUT2D eigenvalue weighted by molar-refractivity contribution is -0.132. The Morgan fingerprint density at radius 3 is 2.64 bits per heavy atom. The predicted octanol–water partition coefficient (Wildman–Crippen LogP) is 3.70. The van der Waals surface area contributed by atoms with Gasteiger partial charge < -0.3 is 5.32 Å². The third-order valence-electron chi connectivity index (χ3n) is 3.70. The van der Waals surface area contributed by atoms with Gasteiger partial charge in [0, 0.05) is 22.2 Å². The van der Waals surface area contributed by atoms with E-state index in [1.807, 2.05) is 20.8 Å². The third kappa shape index (κ3) is 4.86. The molecule has 0 unspecified atom stereocenters. The number of ketones is 1. The van der Waals surface area contributed by atoms with Gasteiger partial charge in [-0.15, -0.1) is 0 Å². The summed E-state index contributed by atoms with van der Waals surface area (Å²) in [6, 6.07) is 6.05. The Morgan fingerprint density at radius 2 is 2.04 bits per heavy atom.